The van der Waals surface area contributed by atoms with Crippen LogP contribution in [0.5, 0.6) is 0 Å². The van der Waals surface area contributed by atoms with Crippen LogP contribution in [0.2, 0.25) is 0 Å². The molecule has 3 N–H and O–H groups in total. The normalized spacial score (nSPS) is 19.8. The molecule has 1 aromatic heterocycles. The average molecular weight is 899 g/mol. The number of hydrogen-bond donors (Lipinski definition) is 3. The number of imide groups is 1. The average Bonchev–Trinajstić information content (AvgIpc) is 3.85. The molecule has 1 fully saturated rings. The number of hydrogen-bond acceptors (Lipinski definition) is 10. The van der Waals surface area contributed by atoms with Crippen molar-refractivity contribution in [2.24, 2.45) is 5.41 Å². The number of hydroxylamine groups is 2. The molecule has 0 saturated carbocycles. The van der Waals surface area contributed by atoms with Gasteiger partial charge in [0.2, 0.25) is 17.4 Å². The van der Waals surface area contributed by atoms with Gasteiger partial charge >= 0.3 is 11.9 Å². The van der Waals surface area contributed by atoms with Crippen molar-refractivity contribution in [2.45, 2.75) is 110 Å². The molecule has 6 rings (SSSR count). The molecule has 1 aliphatic carbocycles. The molecule has 2 aromatic carbocycles. The maximum atomic E-state index is 14.6. The van der Waals surface area contributed by atoms with E-state index in [2.05, 4.69) is 66.0 Å². The van der Waals surface area contributed by atoms with Gasteiger partial charge in [0, 0.05) is 68.2 Å². The number of fused-ring (bicyclic) bond motifs is 2. The van der Waals surface area contributed by atoms with Crippen molar-refractivity contribution in [1.82, 2.24) is 15.7 Å². The smallest absolute Gasteiger partial charge is 0.374 e. The molecule has 2 aliphatic heterocycles. The minimum absolute atomic E-state index is 0.000668. The fraction of sp³-hybridized carbons (Fsp3) is 0.458. The molecular formula is C48H60N5O10S+. The van der Waals surface area contributed by atoms with Crippen molar-refractivity contribution in [3.05, 3.63) is 101 Å². The van der Waals surface area contributed by atoms with Gasteiger partial charge in [-0.05, 0) is 73.1 Å². The number of amides is 4. The molecule has 0 radical (unpaired) electrons. The molecule has 4 amide bonds. The van der Waals surface area contributed by atoms with Gasteiger partial charge in [-0.3, -0.25) is 23.7 Å². The summed E-state index contributed by atoms with van der Waals surface area (Å²) in [5.41, 5.74) is 4.33. The van der Waals surface area contributed by atoms with E-state index in [0.29, 0.717) is 53.5 Å². The lowest BCUT2D eigenvalue weighted by Gasteiger charge is -2.35. The third kappa shape index (κ3) is 11.1. The standard InChI is InChI=1S/C48H59N5O10S/c1-5-7-29-51-37-16-11-10-15-36(37)47(3,4)40(51)22-20-34-31-35(21-25-43-52(28-6-2)38-17-12-13-18-39(38)62-43)33-48(32-34,46(58)50-27-30-64(59,60)61)45(57)49-26-14-8-9-19-44(56)63-53-41(54)23-24-42(53)55/h10-13,15-18,20-22,25,31H,5-9,14,19,23-24,26-30,32-33H2,1-4H3,(H2-,49,50,57,58,59,60,61)/p+1. The summed E-state index contributed by atoms with van der Waals surface area (Å²) < 4.78 is 41.3. The Balaban J connectivity index is 1.31. The Bertz CT molecular complexity index is 2480. The van der Waals surface area contributed by atoms with Crippen LogP contribution in [0.25, 0.3) is 17.2 Å². The molecule has 1 atom stereocenters. The first-order valence-corrected chi connectivity index (χ1v) is 23.9. The van der Waals surface area contributed by atoms with E-state index in [1.807, 2.05) is 60.7 Å². The number of unbranched alkanes of at least 4 members (excludes halogenated alkanes) is 3. The minimum atomic E-state index is -4.42. The number of para-hydroxylation sites is 3. The second kappa shape index (κ2) is 20.8. The molecule has 0 spiro atoms. The summed E-state index contributed by atoms with van der Waals surface area (Å²) in [6.07, 6.45) is 13.7. The number of benzene rings is 2. The summed E-state index contributed by atoms with van der Waals surface area (Å²) >= 11 is 0. The highest BCUT2D eigenvalue weighted by Gasteiger charge is 2.48. The summed E-state index contributed by atoms with van der Waals surface area (Å²) in [6, 6.07) is 16.1. The zero-order valence-corrected chi connectivity index (χ0v) is 38.0. The summed E-state index contributed by atoms with van der Waals surface area (Å²) in [4.78, 5) is 72.4. The largest absolute Gasteiger partial charge is 0.398 e. The molecule has 342 valence electrons. The van der Waals surface area contributed by atoms with Gasteiger partial charge in [0.05, 0.1) is 11.8 Å². The van der Waals surface area contributed by atoms with Crippen LogP contribution in [-0.4, -0.2) is 73.0 Å². The first kappa shape index (κ1) is 47.6. The Labute approximate surface area is 375 Å². The summed E-state index contributed by atoms with van der Waals surface area (Å²) in [5.74, 6) is -3.22. The molecule has 3 aromatic rings. The Kier molecular flexibility index (Phi) is 15.4. The zero-order valence-electron chi connectivity index (χ0n) is 37.2. The molecule has 1 saturated heterocycles. The number of nitrogens with zero attached hydrogens (tertiary/aromatic N) is 3. The zero-order chi connectivity index (χ0) is 46.1. The van der Waals surface area contributed by atoms with Crippen LogP contribution in [0.4, 0.5) is 5.69 Å². The van der Waals surface area contributed by atoms with E-state index in [-0.39, 0.29) is 44.1 Å². The Morgan fingerprint density at radius 3 is 2.30 bits per heavy atom. The maximum absolute atomic E-state index is 14.6. The maximum Gasteiger partial charge on any atom is 0.374 e. The number of oxazole rings is 1. The van der Waals surface area contributed by atoms with Crippen molar-refractivity contribution in [2.75, 3.05) is 30.3 Å². The number of carbonyl (C=O) groups is 5. The monoisotopic (exact) mass is 898 g/mol. The number of aromatic nitrogens is 1. The molecule has 0 bridgehead atoms. The van der Waals surface area contributed by atoms with Gasteiger partial charge in [-0.1, -0.05) is 83.0 Å². The van der Waals surface area contributed by atoms with Crippen molar-refractivity contribution < 1.29 is 50.8 Å². The lowest BCUT2D eigenvalue weighted by Crippen LogP contribution is -2.53. The van der Waals surface area contributed by atoms with Gasteiger partial charge in [-0.2, -0.15) is 13.0 Å². The van der Waals surface area contributed by atoms with Crippen molar-refractivity contribution in [1.29, 1.82) is 0 Å². The Morgan fingerprint density at radius 2 is 1.58 bits per heavy atom. The van der Waals surface area contributed by atoms with E-state index in [4.69, 9.17) is 9.25 Å². The summed E-state index contributed by atoms with van der Waals surface area (Å²) in [5, 5.41) is 6.09. The van der Waals surface area contributed by atoms with Crippen LogP contribution in [0, 0.1) is 5.41 Å². The predicted molar refractivity (Wildman–Crippen MR) is 241 cm³/mol. The third-order valence-electron chi connectivity index (χ3n) is 12.0. The second-order valence-electron chi connectivity index (χ2n) is 17.1. The van der Waals surface area contributed by atoms with Crippen LogP contribution in [0.1, 0.15) is 110 Å². The van der Waals surface area contributed by atoms with Gasteiger partial charge in [0.25, 0.3) is 27.4 Å². The lowest BCUT2D eigenvalue weighted by atomic mass is 9.70. The summed E-state index contributed by atoms with van der Waals surface area (Å²) in [6.45, 7) is 9.86. The molecule has 3 aliphatic rings. The molecule has 64 heavy (non-hydrogen) atoms. The van der Waals surface area contributed by atoms with E-state index in [9.17, 15) is 36.9 Å². The highest BCUT2D eigenvalue weighted by Crippen LogP contribution is 2.48. The number of nitrogens with one attached hydrogen (secondary N) is 2. The predicted octanol–water partition coefficient (Wildman–Crippen LogP) is 6.55. The Morgan fingerprint density at radius 1 is 0.875 bits per heavy atom. The van der Waals surface area contributed by atoms with Crippen molar-refractivity contribution in [3.63, 3.8) is 0 Å². The Hall–Kier alpha value is -5.87. The van der Waals surface area contributed by atoms with Crippen LogP contribution in [0.3, 0.4) is 0 Å². The van der Waals surface area contributed by atoms with Crippen LogP contribution >= 0.6 is 0 Å². The molecule has 16 heteroatoms. The number of aryl methyl sites for hydroxylation is 1. The van der Waals surface area contributed by atoms with Crippen LogP contribution in [0.15, 0.2) is 94.1 Å². The topological polar surface area (TPSA) is 197 Å². The third-order valence-corrected chi connectivity index (χ3v) is 12.7. The first-order chi connectivity index (χ1) is 30.6. The van der Waals surface area contributed by atoms with Gasteiger partial charge in [-0.25, -0.2) is 4.79 Å². The van der Waals surface area contributed by atoms with E-state index in [1.54, 1.807) is 0 Å². The van der Waals surface area contributed by atoms with E-state index in [1.165, 1.54) is 5.56 Å². The van der Waals surface area contributed by atoms with Gasteiger partial charge in [0.15, 0.2) is 6.54 Å². The molecule has 15 nitrogen and oxygen atoms in total. The van der Waals surface area contributed by atoms with Crippen molar-refractivity contribution >= 4 is 62.6 Å². The minimum Gasteiger partial charge on any atom is -0.398 e. The van der Waals surface area contributed by atoms with Crippen LogP contribution < -0.4 is 20.1 Å². The number of rotatable bonds is 20. The molecule has 1 unspecified atom stereocenters. The summed E-state index contributed by atoms with van der Waals surface area (Å²) in [7, 11) is -4.42. The molecular weight excluding hydrogens is 839 g/mol. The molecule has 3 heterocycles. The highest BCUT2D eigenvalue weighted by atomic mass is 32.2. The van der Waals surface area contributed by atoms with E-state index < -0.39 is 57.4 Å². The first-order valence-electron chi connectivity index (χ1n) is 22.2. The van der Waals surface area contributed by atoms with Gasteiger partial charge in [0.1, 0.15) is 5.41 Å². The SMILES string of the molecule is CCCCN1C(=CC=C2C=C(C=Cc3oc4ccccc4[n+]3CCC)CC(C(=O)NCCCCCC(=O)ON3C(=O)CCC3=O)(C(=O)NCCS(=O)(=O)O)C2)C(C)(C)c2ccccc21. The quantitative estimate of drug-likeness (QED) is 0.0366. The fourth-order valence-corrected chi connectivity index (χ4v) is 9.00. The number of carbonyl (C=O) groups excluding carboxylic acids is 5. The van der Waals surface area contributed by atoms with Gasteiger partial charge in [-0.15, -0.1) is 5.06 Å². The van der Waals surface area contributed by atoms with Gasteiger partial charge < -0.3 is 24.8 Å². The highest BCUT2D eigenvalue weighted by molar-refractivity contribution is 7.85. The second-order valence-corrected chi connectivity index (χ2v) is 18.7. The van der Waals surface area contributed by atoms with Crippen LogP contribution in [-0.2, 0) is 50.9 Å². The lowest BCUT2D eigenvalue weighted by molar-refractivity contribution is -0.678. The van der Waals surface area contributed by atoms with Crippen molar-refractivity contribution in [3.8, 4) is 0 Å². The fourth-order valence-electron chi connectivity index (χ4n) is 8.64. The number of anilines is 1. The number of allylic oxidation sites excluding steroid dienone is 7. The van der Waals surface area contributed by atoms with E-state index >= 15 is 0 Å². The van der Waals surface area contributed by atoms with E-state index in [0.717, 1.165) is 42.7 Å².